The lowest BCUT2D eigenvalue weighted by atomic mass is 10.1. The monoisotopic (exact) mass is 250 g/mol. The summed E-state index contributed by atoms with van der Waals surface area (Å²) >= 11 is 0. The number of furan rings is 1. The largest absolute Gasteiger partial charge is 0.468 e. The Bertz CT molecular complexity index is 353. The molecule has 2 rings (SSSR count). The molecule has 3 heteroatoms. The van der Waals surface area contributed by atoms with E-state index < -0.39 is 0 Å². The summed E-state index contributed by atoms with van der Waals surface area (Å²) in [5, 5.41) is 0. The average Bonchev–Trinajstić information content (AvgIpc) is 2.98. The minimum atomic E-state index is 0.502. The second-order valence-corrected chi connectivity index (χ2v) is 5.83. The lowest BCUT2D eigenvalue weighted by Gasteiger charge is -2.30. The maximum Gasteiger partial charge on any atom is 0.121 e. The van der Waals surface area contributed by atoms with Crippen molar-refractivity contribution in [3.63, 3.8) is 0 Å². The molecule has 1 fully saturated rings. The summed E-state index contributed by atoms with van der Waals surface area (Å²) in [6.07, 6.45) is 7.23. The first-order valence-corrected chi connectivity index (χ1v) is 7.20. The third-order valence-electron chi connectivity index (χ3n) is 3.84. The van der Waals surface area contributed by atoms with Crippen LogP contribution in [0.4, 0.5) is 0 Å². The van der Waals surface area contributed by atoms with Crippen LogP contribution in [0.2, 0.25) is 0 Å². The Kier molecular flexibility index (Phi) is 4.84. The van der Waals surface area contributed by atoms with Gasteiger partial charge in [0.05, 0.1) is 12.8 Å². The SMILES string of the molecule is CC(C)CN(Cc1ccoc1CN)C1CCCC1. The van der Waals surface area contributed by atoms with Gasteiger partial charge in [0.25, 0.3) is 0 Å². The zero-order valence-corrected chi connectivity index (χ0v) is 11.7. The number of hydrogen-bond acceptors (Lipinski definition) is 3. The van der Waals surface area contributed by atoms with Gasteiger partial charge in [0, 0.05) is 24.7 Å². The van der Waals surface area contributed by atoms with Crippen LogP contribution in [0, 0.1) is 5.92 Å². The molecule has 1 aromatic heterocycles. The molecule has 0 aliphatic heterocycles. The van der Waals surface area contributed by atoms with Crippen molar-refractivity contribution in [1.82, 2.24) is 4.90 Å². The van der Waals surface area contributed by atoms with E-state index in [0.717, 1.165) is 18.3 Å². The summed E-state index contributed by atoms with van der Waals surface area (Å²) in [7, 11) is 0. The molecule has 1 heterocycles. The molecule has 1 aromatic rings. The van der Waals surface area contributed by atoms with Gasteiger partial charge in [-0.05, 0) is 24.8 Å². The van der Waals surface area contributed by atoms with Crippen LogP contribution >= 0.6 is 0 Å². The van der Waals surface area contributed by atoms with Crippen LogP contribution in [0.15, 0.2) is 16.7 Å². The predicted octanol–water partition coefficient (Wildman–Crippen LogP) is 3.14. The summed E-state index contributed by atoms with van der Waals surface area (Å²) in [4.78, 5) is 2.63. The first kappa shape index (κ1) is 13.6. The van der Waals surface area contributed by atoms with Crippen LogP contribution in [0.5, 0.6) is 0 Å². The summed E-state index contributed by atoms with van der Waals surface area (Å²) in [6.45, 7) is 7.25. The third kappa shape index (κ3) is 3.36. The van der Waals surface area contributed by atoms with Crippen LogP contribution in [-0.4, -0.2) is 17.5 Å². The fourth-order valence-electron chi connectivity index (χ4n) is 2.99. The van der Waals surface area contributed by atoms with Crippen LogP contribution < -0.4 is 5.73 Å². The molecule has 0 spiro atoms. The van der Waals surface area contributed by atoms with Gasteiger partial charge in [-0.15, -0.1) is 0 Å². The smallest absolute Gasteiger partial charge is 0.121 e. The molecule has 18 heavy (non-hydrogen) atoms. The summed E-state index contributed by atoms with van der Waals surface area (Å²) in [5.41, 5.74) is 6.98. The molecule has 0 bridgehead atoms. The Hall–Kier alpha value is -0.800. The van der Waals surface area contributed by atoms with Crippen LogP contribution in [0.25, 0.3) is 0 Å². The summed E-state index contributed by atoms with van der Waals surface area (Å²) in [5.74, 6) is 1.65. The Labute approximate surface area is 110 Å². The molecule has 1 aliphatic carbocycles. The Morgan fingerprint density at radius 3 is 2.72 bits per heavy atom. The fraction of sp³-hybridized carbons (Fsp3) is 0.733. The fourth-order valence-corrected chi connectivity index (χ4v) is 2.99. The van der Waals surface area contributed by atoms with Gasteiger partial charge in [0.2, 0.25) is 0 Å². The Morgan fingerprint density at radius 1 is 1.39 bits per heavy atom. The highest BCUT2D eigenvalue weighted by atomic mass is 16.3. The highest BCUT2D eigenvalue weighted by molar-refractivity contribution is 5.16. The van der Waals surface area contributed by atoms with Crippen molar-refractivity contribution in [2.75, 3.05) is 6.54 Å². The highest BCUT2D eigenvalue weighted by Crippen LogP contribution is 2.26. The molecule has 1 aliphatic rings. The number of hydrogen-bond donors (Lipinski definition) is 1. The van der Waals surface area contributed by atoms with E-state index in [0.29, 0.717) is 12.5 Å². The molecule has 2 N–H and O–H groups in total. The maximum absolute atomic E-state index is 5.71. The van der Waals surface area contributed by atoms with Crippen LogP contribution in [0.3, 0.4) is 0 Å². The maximum atomic E-state index is 5.71. The summed E-state index contributed by atoms with van der Waals surface area (Å²) in [6, 6.07) is 2.83. The van der Waals surface area contributed by atoms with E-state index in [2.05, 4.69) is 24.8 Å². The molecule has 0 saturated heterocycles. The predicted molar refractivity (Wildman–Crippen MR) is 74.1 cm³/mol. The molecule has 0 unspecified atom stereocenters. The van der Waals surface area contributed by atoms with Gasteiger partial charge in [0.1, 0.15) is 5.76 Å². The molecule has 1 saturated carbocycles. The van der Waals surface area contributed by atoms with Crippen molar-refractivity contribution in [3.05, 3.63) is 23.7 Å². The second-order valence-electron chi connectivity index (χ2n) is 5.83. The van der Waals surface area contributed by atoms with E-state index in [9.17, 15) is 0 Å². The number of rotatable bonds is 6. The molecule has 0 amide bonds. The van der Waals surface area contributed by atoms with Crippen molar-refractivity contribution in [3.8, 4) is 0 Å². The average molecular weight is 250 g/mol. The van der Waals surface area contributed by atoms with E-state index >= 15 is 0 Å². The Morgan fingerprint density at radius 2 is 2.11 bits per heavy atom. The van der Waals surface area contributed by atoms with E-state index in [1.807, 2.05) is 0 Å². The molecule has 3 nitrogen and oxygen atoms in total. The summed E-state index contributed by atoms with van der Waals surface area (Å²) < 4.78 is 5.43. The second kappa shape index (κ2) is 6.39. The lowest BCUT2D eigenvalue weighted by molar-refractivity contribution is 0.167. The number of nitrogens with zero attached hydrogens (tertiary/aromatic N) is 1. The zero-order chi connectivity index (χ0) is 13.0. The van der Waals surface area contributed by atoms with Gasteiger partial charge in [-0.25, -0.2) is 0 Å². The standard InChI is InChI=1S/C15H26N2O/c1-12(2)10-17(14-5-3-4-6-14)11-13-7-8-18-15(13)9-16/h7-8,12,14H,3-6,9-11,16H2,1-2H3. The first-order chi connectivity index (χ1) is 8.70. The highest BCUT2D eigenvalue weighted by Gasteiger charge is 2.24. The van der Waals surface area contributed by atoms with Gasteiger partial charge < -0.3 is 10.2 Å². The van der Waals surface area contributed by atoms with Crippen LogP contribution in [0.1, 0.15) is 50.9 Å². The Balaban J connectivity index is 2.04. The van der Waals surface area contributed by atoms with Gasteiger partial charge in [0.15, 0.2) is 0 Å². The number of nitrogens with two attached hydrogens (primary N) is 1. The minimum Gasteiger partial charge on any atom is -0.468 e. The van der Waals surface area contributed by atoms with E-state index in [1.54, 1.807) is 6.26 Å². The normalized spacial score (nSPS) is 17.2. The van der Waals surface area contributed by atoms with Gasteiger partial charge >= 0.3 is 0 Å². The molecular formula is C15H26N2O. The van der Waals surface area contributed by atoms with Gasteiger partial charge in [-0.3, -0.25) is 4.90 Å². The topological polar surface area (TPSA) is 42.4 Å². The van der Waals surface area contributed by atoms with Crippen molar-refractivity contribution >= 4 is 0 Å². The van der Waals surface area contributed by atoms with Crippen molar-refractivity contribution in [2.24, 2.45) is 11.7 Å². The van der Waals surface area contributed by atoms with E-state index in [1.165, 1.54) is 37.8 Å². The van der Waals surface area contributed by atoms with E-state index in [4.69, 9.17) is 10.2 Å². The minimum absolute atomic E-state index is 0.502. The van der Waals surface area contributed by atoms with Gasteiger partial charge in [-0.2, -0.15) is 0 Å². The third-order valence-corrected chi connectivity index (χ3v) is 3.84. The molecule has 0 aromatic carbocycles. The van der Waals surface area contributed by atoms with E-state index in [-0.39, 0.29) is 0 Å². The molecular weight excluding hydrogens is 224 g/mol. The zero-order valence-electron chi connectivity index (χ0n) is 11.7. The van der Waals surface area contributed by atoms with Crippen molar-refractivity contribution in [1.29, 1.82) is 0 Å². The first-order valence-electron chi connectivity index (χ1n) is 7.20. The molecule has 0 radical (unpaired) electrons. The van der Waals surface area contributed by atoms with Crippen molar-refractivity contribution < 1.29 is 4.42 Å². The quantitative estimate of drug-likeness (QED) is 0.843. The molecule has 0 atom stereocenters. The van der Waals surface area contributed by atoms with Crippen LogP contribution in [-0.2, 0) is 13.1 Å². The van der Waals surface area contributed by atoms with Crippen molar-refractivity contribution in [2.45, 2.75) is 58.7 Å². The lowest BCUT2D eigenvalue weighted by Crippen LogP contribution is -2.35. The molecule has 102 valence electrons. The van der Waals surface area contributed by atoms with Gasteiger partial charge in [-0.1, -0.05) is 26.7 Å².